The van der Waals surface area contributed by atoms with Crippen LogP contribution in [0.1, 0.15) is 36.7 Å². The van der Waals surface area contributed by atoms with E-state index in [0.717, 1.165) is 25.1 Å². The average Bonchev–Trinajstić information content (AvgIpc) is 2.71. The standard InChI is InChI=1S/C18H22N2/c1-18(2)13-14-7-3-4-9-16(14)17(18)20-12-10-15-8-5-6-11-19-15/h3-9,11,17,20H,10,12-13H2,1-2H3. The van der Waals surface area contributed by atoms with Crippen molar-refractivity contribution in [2.24, 2.45) is 5.41 Å². The molecule has 0 fully saturated rings. The zero-order valence-corrected chi connectivity index (χ0v) is 12.3. The lowest BCUT2D eigenvalue weighted by molar-refractivity contribution is 0.270. The Morgan fingerprint density at radius 3 is 2.75 bits per heavy atom. The van der Waals surface area contributed by atoms with Crippen LogP contribution in [0.2, 0.25) is 0 Å². The Balaban J connectivity index is 1.67. The maximum absolute atomic E-state index is 4.38. The molecule has 0 spiro atoms. The summed E-state index contributed by atoms with van der Waals surface area (Å²) in [4.78, 5) is 4.38. The Morgan fingerprint density at radius 1 is 1.15 bits per heavy atom. The summed E-state index contributed by atoms with van der Waals surface area (Å²) in [6.07, 6.45) is 4.00. The minimum absolute atomic E-state index is 0.286. The van der Waals surface area contributed by atoms with Gasteiger partial charge in [-0.05, 0) is 35.1 Å². The van der Waals surface area contributed by atoms with Crippen molar-refractivity contribution in [1.82, 2.24) is 10.3 Å². The van der Waals surface area contributed by atoms with Crippen LogP contribution in [0.25, 0.3) is 0 Å². The van der Waals surface area contributed by atoms with Crippen molar-refractivity contribution >= 4 is 0 Å². The van der Waals surface area contributed by atoms with Gasteiger partial charge in [0.1, 0.15) is 0 Å². The van der Waals surface area contributed by atoms with Gasteiger partial charge >= 0.3 is 0 Å². The van der Waals surface area contributed by atoms with Crippen LogP contribution in [0.5, 0.6) is 0 Å². The van der Waals surface area contributed by atoms with E-state index in [4.69, 9.17) is 0 Å². The molecule has 1 N–H and O–H groups in total. The normalized spacial score (nSPS) is 19.8. The smallest absolute Gasteiger partial charge is 0.0416 e. The average molecular weight is 266 g/mol. The molecular weight excluding hydrogens is 244 g/mol. The van der Waals surface area contributed by atoms with Crippen LogP contribution in [0.3, 0.4) is 0 Å². The SMILES string of the molecule is CC1(C)Cc2ccccc2C1NCCc1ccccn1. The minimum atomic E-state index is 0.286. The number of fused-ring (bicyclic) bond motifs is 1. The summed E-state index contributed by atoms with van der Waals surface area (Å²) in [6.45, 7) is 5.68. The third-order valence-electron chi connectivity index (χ3n) is 4.25. The lowest BCUT2D eigenvalue weighted by atomic mass is 9.85. The van der Waals surface area contributed by atoms with Crippen LogP contribution in [0.4, 0.5) is 0 Å². The molecule has 3 rings (SSSR count). The van der Waals surface area contributed by atoms with E-state index in [0.29, 0.717) is 6.04 Å². The first-order valence-corrected chi connectivity index (χ1v) is 7.38. The lowest BCUT2D eigenvalue weighted by Gasteiger charge is -2.28. The second kappa shape index (κ2) is 5.37. The molecule has 1 unspecified atom stereocenters. The Kier molecular flexibility index (Phi) is 3.58. The molecule has 1 heterocycles. The van der Waals surface area contributed by atoms with Crippen molar-refractivity contribution in [3.63, 3.8) is 0 Å². The Bertz CT molecular complexity index is 575. The van der Waals surface area contributed by atoms with E-state index in [-0.39, 0.29) is 5.41 Å². The predicted molar refractivity (Wildman–Crippen MR) is 82.6 cm³/mol. The molecule has 2 aromatic rings. The van der Waals surface area contributed by atoms with Gasteiger partial charge in [0, 0.05) is 30.9 Å². The van der Waals surface area contributed by atoms with Gasteiger partial charge in [0.05, 0.1) is 0 Å². The summed E-state index contributed by atoms with van der Waals surface area (Å²) in [5.74, 6) is 0. The molecule has 0 amide bonds. The molecule has 1 aromatic carbocycles. The van der Waals surface area contributed by atoms with Crippen molar-refractivity contribution < 1.29 is 0 Å². The van der Waals surface area contributed by atoms with Gasteiger partial charge in [-0.1, -0.05) is 44.2 Å². The first-order valence-electron chi connectivity index (χ1n) is 7.38. The maximum atomic E-state index is 4.38. The zero-order valence-electron chi connectivity index (χ0n) is 12.3. The molecule has 1 aliphatic carbocycles. The number of aromatic nitrogens is 1. The van der Waals surface area contributed by atoms with Crippen LogP contribution >= 0.6 is 0 Å². The molecule has 0 radical (unpaired) electrons. The highest BCUT2D eigenvalue weighted by Crippen LogP contribution is 2.44. The fourth-order valence-corrected chi connectivity index (χ4v) is 3.27. The van der Waals surface area contributed by atoms with E-state index in [9.17, 15) is 0 Å². The minimum Gasteiger partial charge on any atom is -0.309 e. The molecule has 0 aliphatic heterocycles. The Labute approximate surface area is 121 Å². The number of rotatable bonds is 4. The van der Waals surface area contributed by atoms with Gasteiger partial charge in [-0.15, -0.1) is 0 Å². The molecule has 1 aromatic heterocycles. The predicted octanol–water partition coefficient (Wildman–Crippen LogP) is 3.54. The van der Waals surface area contributed by atoms with E-state index in [1.807, 2.05) is 12.3 Å². The highest BCUT2D eigenvalue weighted by molar-refractivity contribution is 5.37. The molecule has 2 nitrogen and oxygen atoms in total. The Morgan fingerprint density at radius 2 is 1.95 bits per heavy atom. The summed E-state index contributed by atoms with van der Waals surface area (Å²) in [5, 5.41) is 3.74. The van der Waals surface area contributed by atoms with E-state index >= 15 is 0 Å². The van der Waals surface area contributed by atoms with Crippen LogP contribution in [-0.2, 0) is 12.8 Å². The zero-order chi connectivity index (χ0) is 14.0. The van der Waals surface area contributed by atoms with Gasteiger partial charge in [0.25, 0.3) is 0 Å². The third-order valence-corrected chi connectivity index (χ3v) is 4.25. The van der Waals surface area contributed by atoms with Gasteiger partial charge in [0.15, 0.2) is 0 Å². The van der Waals surface area contributed by atoms with Gasteiger partial charge in [-0.3, -0.25) is 4.98 Å². The van der Waals surface area contributed by atoms with Gasteiger partial charge < -0.3 is 5.32 Å². The second-order valence-corrected chi connectivity index (χ2v) is 6.32. The van der Waals surface area contributed by atoms with E-state index < -0.39 is 0 Å². The van der Waals surface area contributed by atoms with Crippen molar-refractivity contribution in [1.29, 1.82) is 0 Å². The molecule has 2 heteroatoms. The van der Waals surface area contributed by atoms with Gasteiger partial charge in [-0.2, -0.15) is 0 Å². The molecule has 20 heavy (non-hydrogen) atoms. The van der Waals surface area contributed by atoms with Gasteiger partial charge in [-0.25, -0.2) is 0 Å². The summed E-state index contributed by atoms with van der Waals surface area (Å²) in [5.41, 5.74) is 4.41. The number of hydrogen-bond acceptors (Lipinski definition) is 2. The summed E-state index contributed by atoms with van der Waals surface area (Å²) >= 11 is 0. The van der Waals surface area contributed by atoms with Crippen molar-refractivity contribution in [2.75, 3.05) is 6.54 Å². The van der Waals surface area contributed by atoms with Gasteiger partial charge in [0.2, 0.25) is 0 Å². The van der Waals surface area contributed by atoms with E-state index in [1.54, 1.807) is 0 Å². The fourth-order valence-electron chi connectivity index (χ4n) is 3.27. The molecule has 0 bridgehead atoms. The molecule has 0 saturated heterocycles. The second-order valence-electron chi connectivity index (χ2n) is 6.32. The highest BCUT2D eigenvalue weighted by atomic mass is 14.9. The topological polar surface area (TPSA) is 24.9 Å². The van der Waals surface area contributed by atoms with E-state index in [1.165, 1.54) is 11.1 Å². The number of pyridine rings is 1. The number of hydrogen-bond donors (Lipinski definition) is 1. The number of nitrogens with zero attached hydrogens (tertiary/aromatic N) is 1. The summed E-state index contributed by atoms with van der Waals surface area (Å²) < 4.78 is 0. The molecular formula is C18H22N2. The van der Waals surface area contributed by atoms with Crippen molar-refractivity contribution in [3.8, 4) is 0 Å². The van der Waals surface area contributed by atoms with E-state index in [2.05, 4.69) is 60.5 Å². The quantitative estimate of drug-likeness (QED) is 0.915. The first kappa shape index (κ1) is 13.3. The van der Waals surface area contributed by atoms with Crippen molar-refractivity contribution in [3.05, 3.63) is 65.5 Å². The van der Waals surface area contributed by atoms with Crippen LogP contribution in [0, 0.1) is 5.41 Å². The molecule has 104 valence electrons. The van der Waals surface area contributed by atoms with Crippen molar-refractivity contribution in [2.45, 2.75) is 32.7 Å². The molecule has 1 aliphatic rings. The Hall–Kier alpha value is -1.67. The molecule has 0 saturated carbocycles. The fraction of sp³-hybridized carbons (Fsp3) is 0.389. The molecule has 1 atom stereocenters. The lowest BCUT2D eigenvalue weighted by Crippen LogP contribution is -2.32. The monoisotopic (exact) mass is 266 g/mol. The summed E-state index contributed by atoms with van der Waals surface area (Å²) in [7, 11) is 0. The largest absolute Gasteiger partial charge is 0.309 e. The maximum Gasteiger partial charge on any atom is 0.0416 e. The number of benzene rings is 1. The highest BCUT2D eigenvalue weighted by Gasteiger charge is 2.37. The first-order chi connectivity index (χ1) is 9.67. The van der Waals surface area contributed by atoms with Crippen LogP contribution in [-0.4, -0.2) is 11.5 Å². The van der Waals surface area contributed by atoms with Crippen LogP contribution in [0.15, 0.2) is 48.7 Å². The summed E-state index contributed by atoms with van der Waals surface area (Å²) in [6, 6.07) is 15.4. The van der Waals surface area contributed by atoms with Crippen LogP contribution < -0.4 is 5.32 Å². The number of nitrogens with one attached hydrogen (secondary N) is 1. The third kappa shape index (κ3) is 2.61.